The number of hydrogen-bond donors (Lipinski definition) is 2. The van der Waals surface area contributed by atoms with Gasteiger partial charge in [0.1, 0.15) is 0 Å². The number of nitrogens with two attached hydrogens (primary N) is 1. The lowest BCUT2D eigenvalue weighted by Crippen LogP contribution is -2.31. The van der Waals surface area contributed by atoms with Crippen LogP contribution in [0.25, 0.3) is 0 Å². The molecule has 4 nitrogen and oxygen atoms in total. The van der Waals surface area contributed by atoms with Crippen molar-refractivity contribution >= 4 is 5.91 Å². The molecule has 0 aromatic heterocycles. The average Bonchev–Trinajstić information content (AvgIpc) is 2.64. The van der Waals surface area contributed by atoms with Crippen LogP contribution >= 0.6 is 0 Å². The quantitative estimate of drug-likeness (QED) is 0.505. The Labute approximate surface area is 90.9 Å². The summed E-state index contributed by atoms with van der Waals surface area (Å²) in [5.74, 6) is 0.266. The molecule has 0 radical (unpaired) electrons. The largest absolute Gasteiger partial charge is 0.502 e. The van der Waals surface area contributed by atoms with E-state index in [4.69, 9.17) is 10.5 Å². The lowest BCUT2D eigenvalue weighted by Gasteiger charge is -2.10. The van der Waals surface area contributed by atoms with Gasteiger partial charge in [-0.3, -0.25) is 4.79 Å². The third kappa shape index (κ3) is 4.34. The molecule has 0 spiro atoms. The summed E-state index contributed by atoms with van der Waals surface area (Å²) in [4.78, 5) is 11.6. The Kier molecular flexibility index (Phi) is 5.18. The molecule has 2 unspecified atom stereocenters. The Balaban J connectivity index is 2.05. The molecule has 1 amide bonds. The summed E-state index contributed by atoms with van der Waals surface area (Å²) in [7, 11) is 0. The molecule has 0 aliphatic heterocycles. The van der Waals surface area contributed by atoms with Crippen molar-refractivity contribution in [3.63, 3.8) is 0 Å². The van der Waals surface area contributed by atoms with Gasteiger partial charge in [0.2, 0.25) is 5.91 Å². The van der Waals surface area contributed by atoms with Crippen LogP contribution in [0.15, 0.2) is 12.8 Å². The second-order valence-electron chi connectivity index (χ2n) is 3.95. The van der Waals surface area contributed by atoms with E-state index in [2.05, 4.69) is 11.9 Å². The first kappa shape index (κ1) is 12.0. The molecule has 0 bridgehead atoms. The van der Waals surface area contributed by atoms with Crippen LogP contribution < -0.4 is 11.1 Å². The second kappa shape index (κ2) is 6.45. The third-order valence-corrected chi connectivity index (χ3v) is 2.70. The van der Waals surface area contributed by atoms with Gasteiger partial charge < -0.3 is 15.8 Å². The number of carbonyl (C=O) groups excluding carboxylic acids is 1. The molecule has 86 valence electrons. The number of hydrogen-bond acceptors (Lipinski definition) is 3. The maximum atomic E-state index is 11.6. The summed E-state index contributed by atoms with van der Waals surface area (Å²) in [5.41, 5.74) is 5.75. The molecule has 1 aliphatic rings. The first-order chi connectivity index (χ1) is 7.24. The van der Waals surface area contributed by atoms with Crippen LogP contribution in [0, 0.1) is 5.92 Å². The third-order valence-electron chi connectivity index (χ3n) is 2.70. The van der Waals surface area contributed by atoms with Gasteiger partial charge in [-0.1, -0.05) is 6.58 Å². The van der Waals surface area contributed by atoms with Crippen molar-refractivity contribution in [3.05, 3.63) is 12.8 Å². The molecule has 1 fully saturated rings. The second-order valence-corrected chi connectivity index (χ2v) is 3.95. The van der Waals surface area contributed by atoms with Crippen molar-refractivity contribution in [2.45, 2.75) is 31.7 Å². The van der Waals surface area contributed by atoms with E-state index in [1.54, 1.807) is 0 Å². The van der Waals surface area contributed by atoms with Crippen LogP contribution in [0.2, 0.25) is 0 Å². The molecule has 1 rings (SSSR count). The summed E-state index contributed by atoms with van der Waals surface area (Å²) in [6.07, 6.45) is 4.96. The summed E-state index contributed by atoms with van der Waals surface area (Å²) in [6, 6.07) is 0.213. The van der Waals surface area contributed by atoms with E-state index in [1.165, 1.54) is 6.26 Å². The molecule has 0 aromatic rings. The topological polar surface area (TPSA) is 64.3 Å². The molecular formula is C11H20N2O2. The van der Waals surface area contributed by atoms with Crippen molar-refractivity contribution in [2.24, 2.45) is 11.7 Å². The van der Waals surface area contributed by atoms with Crippen molar-refractivity contribution in [1.82, 2.24) is 5.32 Å². The lowest BCUT2D eigenvalue weighted by molar-refractivity contribution is -0.124. The van der Waals surface area contributed by atoms with Gasteiger partial charge in [0.25, 0.3) is 0 Å². The molecule has 0 aromatic carbocycles. The van der Waals surface area contributed by atoms with Crippen molar-refractivity contribution < 1.29 is 9.53 Å². The molecule has 1 aliphatic carbocycles. The predicted molar refractivity (Wildman–Crippen MR) is 59.1 cm³/mol. The van der Waals surface area contributed by atoms with Gasteiger partial charge in [-0.2, -0.15) is 0 Å². The van der Waals surface area contributed by atoms with Gasteiger partial charge in [-0.25, -0.2) is 0 Å². The molecule has 1 saturated carbocycles. The zero-order valence-electron chi connectivity index (χ0n) is 9.08. The smallest absolute Gasteiger partial charge is 0.223 e. The van der Waals surface area contributed by atoms with E-state index in [0.29, 0.717) is 13.2 Å². The molecular weight excluding hydrogens is 192 g/mol. The van der Waals surface area contributed by atoms with Crippen molar-refractivity contribution in [2.75, 3.05) is 13.2 Å². The van der Waals surface area contributed by atoms with Gasteiger partial charge in [0.05, 0.1) is 12.9 Å². The monoisotopic (exact) mass is 212 g/mol. The maximum Gasteiger partial charge on any atom is 0.223 e. The van der Waals surface area contributed by atoms with E-state index in [0.717, 1.165) is 25.7 Å². The summed E-state index contributed by atoms with van der Waals surface area (Å²) in [6.45, 7) is 4.71. The minimum absolute atomic E-state index is 0.125. The first-order valence-corrected chi connectivity index (χ1v) is 5.50. The van der Waals surface area contributed by atoms with Gasteiger partial charge in [-0.05, 0) is 25.7 Å². The minimum Gasteiger partial charge on any atom is -0.502 e. The molecule has 15 heavy (non-hydrogen) atoms. The minimum atomic E-state index is 0.125. The number of ether oxygens (including phenoxy) is 1. The van der Waals surface area contributed by atoms with Gasteiger partial charge >= 0.3 is 0 Å². The van der Waals surface area contributed by atoms with Crippen molar-refractivity contribution in [1.29, 1.82) is 0 Å². The SMILES string of the molecule is C=COCCCNC(=O)C1CCC(N)C1. The Morgan fingerprint density at radius 1 is 1.60 bits per heavy atom. The number of carbonyl (C=O) groups is 1. The molecule has 0 heterocycles. The fourth-order valence-corrected chi connectivity index (χ4v) is 1.85. The zero-order chi connectivity index (χ0) is 11.1. The van der Waals surface area contributed by atoms with Crippen LogP contribution in [-0.4, -0.2) is 25.1 Å². The van der Waals surface area contributed by atoms with E-state index >= 15 is 0 Å². The Morgan fingerprint density at radius 3 is 3.00 bits per heavy atom. The highest BCUT2D eigenvalue weighted by molar-refractivity contribution is 5.78. The Hall–Kier alpha value is -1.03. The van der Waals surface area contributed by atoms with Gasteiger partial charge in [-0.15, -0.1) is 0 Å². The average molecular weight is 212 g/mol. The van der Waals surface area contributed by atoms with E-state index in [1.807, 2.05) is 0 Å². The normalized spacial score (nSPS) is 24.9. The zero-order valence-corrected chi connectivity index (χ0v) is 9.08. The van der Waals surface area contributed by atoms with Crippen LogP contribution in [0.4, 0.5) is 0 Å². The highest BCUT2D eigenvalue weighted by Crippen LogP contribution is 2.23. The Bertz CT molecular complexity index is 219. The van der Waals surface area contributed by atoms with Crippen molar-refractivity contribution in [3.8, 4) is 0 Å². The number of rotatable bonds is 6. The van der Waals surface area contributed by atoms with E-state index < -0.39 is 0 Å². The highest BCUT2D eigenvalue weighted by Gasteiger charge is 2.27. The molecule has 3 N–H and O–H groups in total. The summed E-state index contributed by atoms with van der Waals surface area (Å²) >= 11 is 0. The van der Waals surface area contributed by atoms with Gasteiger partial charge in [0.15, 0.2) is 0 Å². The first-order valence-electron chi connectivity index (χ1n) is 5.50. The van der Waals surface area contributed by atoms with Crippen LogP contribution in [0.1, 0.15) is 25.7 Å². The standard InChI is InChI=1S/C11H20N2O2/c1-2-15-7-3-6-13-11(14)9-4-5-10(12)8-9/h2,9-10H,1,3-8,12H2,(H,13,14). The number of amides is 1. The van der Waals surface area contributed by atoms with Crippen LogP contribution in [-0.2, 0) is 9.53 Å². The van der Waals surface area contributed by atoms with Crippen LogP contribution in [0.5, 0.6) is 0 Å². The highest BCUT2D eigenvalue weighted by atomic mass is 16.5. The summed E-state index contributed by atoms with van der Waals surface area (Å²) in [5, 5.41) is 2.90. The maximum absolute atomic E-state index is 11.6. The van der Waals surface area contributed by atoms with E-state index in [9.17, 15) is 4.79 Å². The van der Waals surface area contributed by atoms with Gasteiger partial charge in [0, 0.05) is 18.5 Å². The molecule has 2 atom stereocenters. The summed E-state index contributed by atoms with van der Waals surface area (Å²) < 4.78 is 4.95. The number of nitrogens with one attached hydrogen (secondary N) is 1. The molecule has 0 saturated heterocycles. The molecule has 4 heteroatoms. The fraction of sp³-hybridized carbons (Fsp3) is 0.727. The van der Waals surface area contributed by atoms with Crippen LogP contribution in [0.3, 0.4) is 0 Å². The Morgan fingerprint density at radius 2 is 2.40 bits per heavy atom. The lowest BCUT2D eigenvalue weighted by atomic mass is 10.1. The fourth-order valence-electron chi connectivity index (χ4n) is 1.85. The predicted octanol–water partition coefficient (Wildman–Crippen LogP) is 0.780. The van der Waals surface area contributed by atoms with E-state index in [-0.39, 0.29) is 17.9 Å².